The zero-order chi connectivity index (χ0) is 15.9. The van der Waals surface area contributed by atoms with Crippen LogP contribution in [0, 0.1) is 0 Å². The van der Waals surface area contributed by atoms with E-state index in [-0.39, 0.29) is 17.9 Å². The third-order valence-corrected chi connectivity index (χ3v) is 3.76. The zero-order valence-corrected chi connectivity index (χ0v) is 13.2. The summed E-state index contributed by atoms with van der Waals surface area (Å²) in [4.78, 5) is 23.9. The fraction of sp³-hybridized carbons (Fsp3) is 0.467. The molecule has 1 aromatic rings. The first-order chi connectivity index (χ1) is 10.6. The van der Waals surface area contributed by atoms with Crippen LogP contribution in [0.2, 0.25) is 5.02 Å². The lowest BCUT2D eigenvalue weighted by Crippen LogP contribution is -2.35. The Morgan fingerprint density at radius 2 is 2.27 bits per heavy atom. The number of carbonyl (C=O) groups is 2. The SMILES string of the molecule is COCCNC(=O)c1ccc(NC(=O)C2CCCN2)cc1Cl. The number of nitrogens with one attached hydrogen (secondary N) is 3. The predicted octanol–water partition coefficient (Wildman–Crippen LogP) is 1.41. The van der Waals surface area contributed by atoms with Gasteiger partial charge in [0.1, 0.15) is 0 Å². The number of ether oxygens (including phenoxy) is 1. The van der Waals surface area contributed by atoms with Crippen LogP contribution in [-0.4, -0.2) is 44.7 Å². The van der Waals surface area contributed by atoms with E-state index in [2.05, 4.69) is 16.0 Å². The van der Waals surface area contributed by atoms with Crippen molar-refractivity contribution in [1.29, 1.82) is 0 Å². The van der Waals surface area contributed by atoms with Gasteiger partial charge in [-0.1, -0.05) is 11.6 Å². The van der Waals surface area contributed by atoms with Crippen molar-refractivity contribution in [3.05, 3.63) is 28.8 Å². The standard InChI is InChI=1S/C15H20ClN3O3/c1-22-8-7-18-14(20)11-5-4-10(9-12(11)16)19-15(21)13-3-2-6-17-13/h4-5,9,13,17H,2-3,6-8H2,1H3,(H,18,20)(H,19,21). The molecule has 1 fully saturated rings. The Kier molecular flexibility index (Phi) is 6.18. The summed E-state index contributed by atoms with van der Waals surface area (Å²) >= 11 is 6.12. The molecular formula is C15H20ClN3O3. The molecule has 120 valence electrons. The number of methoxy groups -OCH3 is 1. The average molecular weight is 326 g/mol. The lowest BCUT2D eigenvalue weighted by atomic mass is 10.1. The third-order valence-electron chi connectivity index (χ3n) is 3.45. The number of rotatable bonds is 6. The number of carbonyl (C=O) groups excluding carboxylic acids is 2. The smallest absolute Gasteiger partial charge is 0.252 e. The lowest BCUT2D eigenvalue weighted by Gasteiger charge is -2.12. The van der Waals surface area contributed by atoms with Crippen LogP contribution < -0.4 is 16.0 Å². The van der Waals surface area contributed by atoms with Gasteiger partial charge in [-0.05, 0) is 37.6 Å². The number of hydrogen-bond acceptors (Lipinski definition) is 4. The van der Waals surface area contributed by atoms with Crippen molar-refractivity contribution in [2.24, 2.45) is 0 Å². The van der Waals surface area contributed by atoms with E-state index in [1.54, 1.807) is 25.3 Å². The van der Waals surface area contributed by atoms with Gasteiger partial charge in [-0.15, -0.1) is 0 Å². The van der Waals surface area contributed by atoms with Gasteiger partial charge in [-0.25, -0.2) is 0 Å². The molecule has 0 radical (unpaired) electrons. The summed E-state index contributed by atoms with van der Waals surface area (Å²) in [7, 11) is 1.57. The van der Waals surface area contributed by atoms with Crippen molar-refractivity contribution in [2.75, 3.05) is 32.1 Å². The second-order valence-electron chi connectivity index (χ2n) is 5.08. The first-order valence-electron chi connectivity index (χ1n) is 7.22. The minimum Gasteiger partial charge on any atom is -0.383 e. The number of hydrogen-bond donors (Lipinski definition) is 3. The average Bonchev–Trinajstić information content (AvgIpc) is 3.01. The Balaban J connectivity index is 1.96. The van der Waals surface area contributed by atoms with Crippen LogP contribution in [0.15, 0.2) is 18.2 Å². The molecule has 0 saturated carbocycles. The second-order valence-corrected chi connectivity index (χ2v) is 5.49. The van der Waals surface area contributed by atoms with Crippen LogP contribution >= 0.6 is 11.6 Å². The number of amides is 2. The summed E-state index contributed by atoms with van der Waals surface area (Å²) in [6.45, 7) is 1.71. The van der Waals surface area contributed by atoms with E-state index in [4.69, 9.17) is 16.3 Å². The van der Waals surface area contributed by atoms with Crippen LogP contribution in [-0.2, 0) is 9.53 Å². The highest BCUT2D eigenvalue weighted by Gasteiger charge is 2.22. The van der Waals surface area contributed by atoms with Gasteiger partial charge in [-0.3, -0.25) is 9.59 Å². The monoisotopic (exact) mass is 325 g/mol. The molecule has 6 nitrogen and oxygen atoms in total. The van der Waals surface area contributed by atoms with Crippen molar-refractivity contribution >= 4 is 29.1 Å². The summed E-state index contributed by atoms with van der Waals surface area (Å²) in [6.07, 6.45) is 1.83. The van der Waals surface area contributed by atoms with Gasteiger partial charge >= 0.3 is 0 Å². The van der Waals surface area contributed by atoms with E-state index in [0.29, 0.717) is 29.4 Å². The highest BCUT2D eigenvalue weighted by Crippen LogP contribution is 2.21. The maximum Gasteiger partial charge on any atom is 0.252 e. The van der Waals surface area contributed by atoms with Gasteiger partial charge in [-0.2, -0.15) is 0 Å². The second kappa shape index (κ2) is 8.12. The Morgan fingerprint density at radius 1 is 1.45 bits per heavy atom. The Hall–Kier alpha value is -1.63. The number of anilines is 1. The molecule has 0 aromatic heterocycles. The fourth-order valence-corrected chi connectivity index (χ4v) is 2.54. The van der Waals surface area contributed by atoms with Gasteiger partial charge < -0.3 is 20.7 Å². The highest BCUT2D eigenvalue weighted by molar-refractivity contribution is 6.34. The maximum atomic E-state index is 12.0. The summed E-state index contributed by atoms with van der Waals surface area (Å²) in [6, 6.07) is 4.70. The quantitative estimate of drug-likeness (QED) is 0.691. The predicted molar refractivity (Wildman–Crippen MR) is 85.3 cm³/mol. The van der Waals surface area contributed by atoms with Gasteiger partial charge in [0.25, 0.3) is 5.91 Å². The van der Waals surface area contributed by atoms with Crippen molar-refractivity contribution in [2.45, 2.75) is 18.9 Å². The first-order valence-corrected chi connectivity index (χ1v) is 7.60. The van der Waals surface area contributed by atoms with Crippen LogP contribution in [0.1, 0.15) is 23.2 Å². The molecule has 1 aromatic carbocycles. The van der Waals surface area contributed by atoms with Gasteiger partial charge in [0, 0.05) is 19.3 Å². The van der Waals surface area contributed by atoms with Crippen LogP contribution in [0.25, 0.3) is 0 Å². The van der Waals surface area contributed by atoms with Gasteiger partial charge in [0.15, 0.2) is 0 Å². The van der Waals surface area contributed by atoms with Gasteiger partial charge in [0.2, 0.25) is 5.91 Å². The fourth-order valence-electron chi connectivity index (χ4n) is 2.28. The summed E-state index contributed by atoms with van der Waals surface area (Å²) < 4.78 is 4.87. The van der Waals surface area contributed by atoms with Crippen LogP contribution in [0.5, 0.6) is 0 Å². The molecule has 0 aliphatic carbocycles. The topological polar surface area (TPSA) is 79.5 Å². The number of halogens is 1. The van der Waals surface area contributed by atoms with E-state index >= 15 is 0 Å². The molecule has 1 aliphatic heterocycles. The largest absolute Gasteiger partial charge is 0.383 e. The minimum atomic E-state index is -0.266. The molecule has 22 heavy (non-hydrogen) atoms. The summed E-state index contributed by atoms with van der Waals surface area (Å²) in [5.74, 6) is -0.344. The van der Waals surface area contributed by atoms with Crippen LogP contribution in [0.4, 0.5) is 5.69 Å². The van der Waals surface area contributed by atoms with E-state index in [1.807, 2.05) is 0 Å². The van der Waals surface area contributed by atoms with Gasteiger partial charge in [0.05, 0.1) is 23.2 Å². The van der Waals surface area contributed by atoms with E-state index in [9.17, 15) is 9.59 Å². The Bertz CT molecular complexity index is 545. The first kappa shape index (κ1) is 16.7. The molecule has 0 bridgehead atoms. The normalized spacial score (nSPS) is 17.3. The van der Waals surface area contributed by atoms with Crippen molar-refractivity contribution in [3.8, 4) is 0 Å². The molecule has 7 heteroatoms. The van der Waals surface area contributed by atoms with E-state index in [1.165, 1.54) is 0 Å². The van der Waals surface area contributed by atoms with E-state index < -0.39 is 0 Å². The zero-order valence-electron chi connectivity index (χ0n) is 12.4. The van der Waals surface area contributed by atoms with Crippen LogP contribution in [0.3, 0.4) is 0 Å². The molecule has 1 unspecified atom stereocenters. The van der Waals surface area contributed by atoms with E-state index in [0.717, 1.165) is 19.4 Å². The Labute approximate surface area is 134 Å². The van der Waals surface area contributed by atoms with Crippen molar-refractivity contribution in [3.63, 3.8) is 0 Å². The maximum absolute atomic E-state index is 12.0. The summed E-state index contributed by atoms with van der Waals surface area (Å²) in [5, 5.41) is 8.93. The van der Waals surface area contributed by atoms with Crippen molar-refractivity contribution in [1.82, 2.24) is 10.6 Å². The highest BCUT2D eigenvalue weighted by atomic mass is 35.5. The lowest BCUT2D eigenvalue weighted by molar-refractivity contribution is -0.117. The Morgan fingerprint density at radius 3 is 2.91 bits per heavy atom. The number of benzene rings is 1. The molecular weight excluding hydrogens is 306 g/mol. The third kappa shape index (κ3) is 4.43. The molecule has 1 heterocycles. The summed E-state index contributed by atoms with van der Waals surface area (Å²) in [5.41, 5.74) is 0.951. The molecule has 1 aliphatic rings. The molecule has 1 saturated heterocycles. The molecule has 2 amide bonds. The molecule has 2 rings (SSSR count). The molecule has 3 N–H and O–H groups in total. The molecule has 0 spiro atoms. The van der Waals surface area contributed by atoms with Crippen molar-refractivity contribution < 1.29 is 14.3 Å². The molecule has 1 atom stereocenters. The minimum absolute atomic E-state index is 0.0779.